The molecule has 1 aliphatic carbocycles. The molecule has 0 aliphatic heterocycles. The lowest BCUT2D eigenvalue weighted by atomic mass is 10.0. The van der Waals surface area contributed by atoms with Crippen LogP contribution in [0.25, 0.3) is 10.8 Å². The number of guanidine groups is 1. The van der Waals surface area contributed by atoms with E-state index >= 15 is 0 Å². The molecule has 2 N–H and O–H groups in total. The topological polar surface area (TPSA) is 41.6 Å². The Morgan fingerprint density at radius 2 is 1.70 bits per heavy atom. The summed E-state index contributed by atoms with van der Waals surface area (Å²) in [5.74, 6) is 0.247. The van der Waals surface area contributed by atoms with Crippen LogP contribution in [0.5, 0.6) is 0 Å². The molecule has 0 unspecified atom stereocenters. The highest BCUT2D eigenvalue weighted by Crippen LogP contribution is 2.43. The van der Waals surface area contributed by atoms with Crippen molar-refractivity contribution in [1.82, 2.24) is 0 Å². The first-order chi connectivity index (χ1) is 12.9. The van der Waals surface area contributed by atoms with Crippen LogP contribution in [0.3, 0.4) is 0 Å². The van der Waals surface area contributed by atoms with Crippen molar-refractivity contribution in [2.75, 3.05) is 11.9 Å². The predicted molar refractivity (Wildman–Crippen MR) is 118 cm³/mol. The van der Waals surface area contributed by atoms with Gasteiger partial charge in [-0.3, -0.25) is 0 Å². The summed E-state index contributed by atoms with van der Waals surface area (Å²) in [5, 5.41) is 3.65. The lowest BCUT2D eigenvalue weighted by molar-refractivity contribution is 1.02. The summed E-state index contributed by atoms with van der Waals surface area (Å²) < 4.78 is 0. The van der Waals surface area contributed by atoms with Gasteiger partial charge >= 0.3 is 0 Å². The zero-order valence-electron chi connectivity index (χ0n) is 14.4. The van der Waals surface area contributed by atoms with Crippen molar-refractivity contribution in [2.45, 2.75) is 12.8 Å². The average molecular weight is 439 g/mol. The number of hydrogen-bond acceptors (Lipinski definition) is 1. The minimum absolute atomic E-state index is 0.247. The van der Waals surface area contributed by atoms with Crippen molar-refractivity contribution in [3.05, 3.63) is 67.6 Å². The molecule has 0 fully saturated rings. The fraction of sp³-hybridized carbons (Fsp3) is 0.150. The number of aliphatic imine (C=N–C) groups is 1. The molecule has 3 aromatic carbocycles. The maximum absolute atomic E-state index is 6.33. The first kappa shape index (κ1) is 18.7. The molecule has 0 aromatic heterocycles. The van der Waals surface area contributed by atoms with Crippen LogP contribution in [0.1, 0.15) is 11.1 Å². The van der Waals surface area contributed by atoms with Crippen molar-refractivity contribution < 1.29 is 0 Å². The van der Waals surface area contributed by atoms with Crippen LogP contribution >= 0.6 is 46.4 Å². The fourth-order valence-corrected chi connectivity index (χ4v) is 4.57. The van der Waals surface area contributed by atoms with Gasteiger partial charge in [-0.1, -0.05) is 70.7 Å². The fourth-order valence-electron chi connectivity index (χ4n) is 3.52. The molecule has 1 aliphatic rings. The molecule has 0 heterocycles. The van der Waals surface area contributed by atoms with E-state index in [0.717, 1.165) is 18.5 Å². The normalized spacial score (nSPS) is 13.4. The summed E-state index contributed by atoms with van der Waals surface area (Å²) >= 11 is 24.9. The molecule has 3 aromatic rings. The number of rotatable bonds is 2. The van der Waals surface area contributed by atoms with Crippen molar-refractivity contribution in [3.63, 3.8) is 0 Å². The number of nitrogens with two attached hydrogens (primary N) is 1. The van der Waals surface area contributed by atoms with Gasteiger partial charge in [-0.15, -0.1) is 0 Å². The van der Waals surface area contributed by atoms with Crippen molar-refractivity contribution >= 4 is 74.5 Å². The first-order valence-electron chi connectivity index (χ1n) is 8.33. The first-order valence-corrected chi connectivity index (χ1v) is 9.84. The van der Waals surface area contributed by atoms with Crippen LogP contribution in [-0.4, -0.2) is 13.0 Å². The standard InChI is InChI=1S/C20H15Cl4N3/c1-27(19-17(23)13(21)9-14(22)18(19)24)20(25)26-15-8-6-11-4-2-3-10-5-7-12(15)16(10)11/h2-4,6,8-9H,5,7H2,1H3,(H2,25,26). The van der Waals surface area contributed by atoms with Crippen LogP contribution in [0.4, 0.5) is 11.4 Å². The van der Waals surface area contributed by atoms with Crippen LogP contribution < -0.4 is 10.6 Å². The van der Waals surface area contributed by atoms with E-state index in [4.69, 9.17) is 52.1 Å². The van der Waals surface area contributed by atoms with Crippen LogP contribution in [0.15, 0.2) is 41.4 Å². The molecule has 27 heavy (non-hydrogen) atoms. The third kappa shape index (κ3) is 3.13. The van der Waals surface area contributed by atoms with Gasteiger partial charge < -0.3 is 10.6 Å². The lowest BCUT2D eigenvalue weighted by Crippen LogP contribution is -2.34. The lowest BCUT2D eigenvalue weighted by Gasteiger charge is -2.22. The van der Waals surface area contributed by atoms with Crippen molar-refractivity contribution in [2.24, 2.45) is 10.7 Å². The van der Waals surface area contributed by atoms with E-state index in [-0.39, 0.29) is 16.0 Å². The number of halogens is 4. The van der Waals surface area contributed by atoms with Crippen molar-refractivity contribution in [3.8, 4) is 0 Å². The minimum atomic E-state index is 0.247. The predicted octanol–water partition coefficient (Wildman–Crippen LogP) is 6.63. The Kier molecular flexibility index (Phi) is 4.89. The van der Waals surface area contributed by atoms with E-state index in [9.17, 15) is 0 Å². The molecule has 0 saturated heterocycles. The maximum Gasteiger partial charge on any atom is 0.200 e. The minimum Gasteiger partial charge on any atom is -0.369 e. The molecule has 138 valence electrons. The van der Waals surface area contributed by atoms with E-state index in [2.05, 4.69) is 29.3 Å². The molecule has 0 saturated carbocycles. The summed E-state index contributed by atoms with van der Waals surface area (Å²) in [7, 11) is 1.73. The van der Waals surface area contributed by atoms with Crippen molar-refractivity contribution in [1.29, 1.82) is 0 Å². The maximum atomic E-state index is 6.33. The molecular weight excluding hydrogens is 424 g/mol. The Bertz CT molecular complexity index is 1080. The molecule has 0 amide bonds. The van der Waals surface area contributed by atoms with E-state index in [1.54, 1.807) is 11.9 Å². The summed E-state index contributed by atoms with van der Waals surface area (Å²) in [6, 6.07) is 11.9. The molecule has 7 heteroatoms. The Morgan fingerprint density at radius 3 is 2.41 bits per heavy atom. The van der Waals surface area contributed by atoms with Crippen LogP contribution in [0.2, 0.25) is 20.1 Å². The summed E-state index contributed by atoms with van der Waals surface area (Å²) in [6.45, 7) is 0. The van der Waals surface area contributed by atoms with Gasteiger partial charge in [0.15, 0.2) is 0 Å². The molecule has 0 bridgehead atoms. The number of hydrogen-bond donors (Lipinski definition) is 1. The zero-order chi connectivity index (χ0) is 19.3. The van der Waals surface area contributed by atoms with Gasteiger partial charge in [0.1, 0.15) is 0 Å². The Morgan fingerprint density at radius 1 is 1.00 bits per heavy atom. The Hall–Kier alpha value is -1.65. The monoisotopic (exact) mass is 437 g/mol. The van der Waals surface area contributed by atoms with Gasteiger partial charge in [-0.25, -0.2) is 4.99 Å². The van der Waals surface area contributed by atoms with E-state index in [1.807, 2.05) is 6.07 Å². The number of aryl methyl sites for hydroxylation is 2. The number of anilines is 1. The van der Waals surface area contributed by atoms with Gasteiger partial charge in [-0.05, 0) is 46.9 Å². The highest BCUT2D eigenvalue weighted by molar-refractivity contribution is 6.50. The van der Waals surface area contributed by atoms with E-state index < -0.39 is 0 Å². The van der Waals surface area contributed by atoms with Gasteiger partial charge in [0.2, 0.25) is 5.96 Å². The highest BCUT2D eigenvalue weighted by atomic mass is 35.5. The Balaban J connectivity index is 1.80. The summed E-state index contributed by atoms with van der Waals surface area (Å²) in [4.78, 5) is 6.25. The highest BCUT2D eigenvalue weighted by Gasteiger charge is 2.21. The van der Waals surface area contributed by atoms with Crippen LogP contribution in [-0.2, 0) is 12.8 Å². The largest absolute Gasteiger partial charge is 0.369 e. The van der Waals surface area contributed by atoms with Gasteiger partial charge in [0.05, 0.1) is 31.5 Å². The summed E-state index contributed by atoms with van der Waals surface area (Å²) in [5.41, 5.74) is 10.1. The Labute approximate surface area is 177 Å². The third-order valence-corrected chi connectivity index (χ3v) is 6.42. The van der Waals surface area contributed by atoms with E-state index in [1.165, 1.54) is 28.0 Å². The quantitative estimate of drug-likeness (QED) is 0.277. The number of benzene rings is 3. The average Bonchev–Trinajstić information content (AvgIpc) is 3.08. The van der Waals surface area contributed by atoms with Crippen LogP contribution in [0, 0.1) is 0 Å². The number of nitrogens with zero attached hydrogens (tertiary/aromatic N) is 2. The molecular formula is C20H15Cl4N3. The smallest absolute Gasteiger partial charge is 0.200 e. The SMILES string of the molecule is CN(C(N)=Nc1ccc2cccc3c2c1CC3)c1c(Cl)c(Cl)cc(Cl)c1Cl. The molecule has 0 atom stereocenters. The summed E-state index contributed by atoms with van der Waals surface area (Å²) in [6.07, 6.45) is 1.95. The second kappa shape index (κ2) is 7.06. The van der Waals surface area contributed by atoms with Gasteiger partial charge in [-0.2, -0.15) is 0 Å². The van der Waals surface area contributed by atoms with Gasteiger partial charge in [0.25, 0.3) is 0 Å². The zero-order valence-corrected chi connectivity index (χ0v) is 17.4. The van der Waals surface area contributed by atoms with E-state index in [0.29, 0.717) is 15.7 Å². The third-order valence-electron chi connectivity index (χ3n) is 4.86. The molecule has 3 nitrogen and oxygen atoms in total. The molecule has 4 rings (SSSR count). The second-order valence-electron chi connectivity index (χ2n) is 6.42. The second-order valence-corrected chi connectivity index (χ2v) is 7.99. The van der Waals surface area contributed by atoms with Gasteiger partial charge in [0, 0.05) is 7.05 Å². The molecule has 0 radical (unpaired) electrons. The molecule has 0 spiro atoms.